The van der Waals surface area contributed by atoms with Crippen molar-refractivity contribution in [2.24, 2.45) is 0 Å². The van der Waals surface area contributed by atoms with Crippen molar-refractivity contribution in [1.82, 2.24) is 10.0 Å². The standard InChI is InChI=1S/C23H23N3O5S2/c1-29-19-13-16(7-8-18(19)31-15-21(27)24-17-5-3-2-4-6-17)14-20-22(28)26(23(32)33-20)25-9-11-30-12-10-25/h2-8,13-14H,9-12,15H2,1H3,(H,24,27)/b20-14-. The fourth-order valence-electron chi connectivity index (χ4n) is 3.36. The first-order valence-corrected chi connectivity index (χ1v) is 11.5. The number of carbonyl (C=O) groups excluding carboxylic acids is 2. The molecule has 0 atom stereocenters. The van der Waals surface area contributed by atoms with E-state index in [0.717, 1.165) is 5.56 Å². The summed E-state index contributed by atoms with van der Waals surface area (Å²) in [5.74, 6) is 0.460. The smallest absolute Gasteiger partial charge is 0.280 e. The van der Waals surface area contributed by atoms with E-state index in [1.165, 1.54) is 18.9 Å². The number of thioether (sulfide) groups is 1. The van der Waals surface area contributed by atoms with Gasteiger partial charge in [0.15, 0.2) is 22.4 Å². The molecule has 2 fully saturated rings. The molecule has 0 radical (unpaired) electrons. The highest BCUT2D eigenvalue weighted by atomic mass is 32.2. The van der Waals surface area contributed by atoms with Crippen LogP contribution in [-0.2, 0) is 14.3 Å². The van der Waals surface area contributed by atoms with Gasteiger partial charge in [-0.15, -0.1) is 0 Å². The molecule has 0 spiro atoms. The number of hydrogen-bond acceptors (Lipinski definition) is 8. The number of benzene rings is 2. The molecule has 4 rings (SSSR count). The highest BCUT2D eigenvalue weighted by molar-refractivity contribution is 8.26. The van der Waals surface area contributed by atoms with Gasteiger partial charge in [-0.05, 0) is 35.9 Å². The number of ether oxygens (including phenoxy) is 3. The van der Waals surface area contributed by atoms with E-state index >= 15 is 0 Å². The monoisotopic (exact) mass is 485 g/mol. The zero-order valence-corrected chi connectivity index (χ0v) is 19.6. The Hall–Kier alpha value is -2.92. The first-order chi connectivity index (χ1) is 16.0. The van der Waals surface area contributed by atoms with E-state index in [2.05, 4.69) is 5.32 Å². The summed E-state index contributed by atoms with van der Waals surface area (Å²) in [6, 6.07) is 14.4. The van der Waals surface area contributed by atoms with Crippen LogP contribution >= 0.6 is 24.0 Å². The van der Waals surface area contributed by atoms with E-state index in [0.29, 0.717) is 52.7 Å². The fraction of sp³-hybridized carbons (Fsp3) is 0.261. The maximum Gasteiger partial charge on any atom is 0.280 e. The molecule has 0 aromatic heterocycles. The lowest BCUT2D eigenvalue weighted by Gasteiger charge is -2.33. The minimum atomic E-state index is -0.279. The summed E-state index contributed by atoms with van der Waals surface area (Å²) in [7, 11) is 1.52. The average molecular weight is 486 g/mol. The molecule has 172 valence electrons. The van der Waals surface area contributed by atoms with Crippen LogP contribution in [0.3, 0.4) is 0 Å². The number of amides is 2. The summed E-state index contributed by atoms with van der Waals surface area (Å²) in [4.78, 5) is 25.6. The zero-order valence-electron chi connectivity index (χ0n) is 18.0. The third-order valence-electron chi connectivity index (χ3n) is 4.95. The zero-order chi connectivity index (χ0) is 23.2. The molecule has 0 bridgehead atoms. The van der Waals surface area contributed by atoms with Crippen molar-refractivity contribution in [2.75, 3.05) is 45.3 Å². The first-order valence-electron chi connectivity index (χ1n) is 10.3. The Morgan fingerprint density at radius 2 is 1.94 bits per heavy atom. The molecule has 2 aliphatic heterocycles. The van der Waals surface area contributed by atoms with E-state index in [1.807, 2.05) is 23.2 Å². The average Bonchev–Trinajstić information content (AvgIpc) is 3.11. The summed E-state index contributed by atoms with van der Waals surface area (Å²) >= 11 is 6.69. The second-order valence-electron chi connectivity index (χ2n) is 7.17. The van der Waals surface area contributed by atoms with E-state index < -0.39 is 0 Å². The van der Waals surface area contributed by atoms with Crippen molar-refractivity contribution in [3.8, 4) is 11.5 Å². The van der Waals surface area contributed by atoms with Gasteiger partial charge in [0.1, 0.15) is 0 Å². The van der Waals surface area contributed by atoms with Crippen molar-refractivity contribution in [3.05, 3.63) is 59.0 Å². The quantitative estimate of drug-likeness (QED) is 0.473. The van der Waals surface area contributed by atoms with E-state index in [-0.39, 0.29) is 18.4 Å². The van der Waals surface area contributed by atoms with E-state index in [9.17, 15) is 9.59 Å². The van der Waals surface area contributed by atoms with Crippen LogP contribution in [0.25, 0.3) is 6.08 Å². The van der Waals surface area contributed by atoms with Gasteiger partial charge in [0.25, 0.3) is 11.8 Å². The molecular formula is C23H23N3O5S2. The minimum absolute atomic E-state index is 0.149. The van der Waals surface area contributed by atoms with Crippen molar-refractivity contribution in [3.63, 3.8) is 0 Å². The predicted molar refractivity (Wildman–Crippen MR) is 131 cm³/mol. The number of morpholine rings is 1. The van der Waals surface area contributed by atoms with Gasteiger partial charge in [-0.3, -0.25) is 9.59 Å². The molecule has 1 N–H and O–H groups in total. The summed E-state index contributed by atoms with van der Waals surface area (Å²) in [5.41, 5.74) is 1.46. The van der Waals surface area contributed by atoms with Gasteiger partial charge in [-0.25, -0.2) is 10.0 Å². The van der Waals surface area contributed by atoms with Gasteiger partial charge < -0.3 is 19.5 Å². The molecule has 8 nitrogen and oxygen atoms in total. The second-order valence-corrected chi connectivity index (χ2v) is 8.85. The molecule has 0 unspecified atom stereocenters. The Balaban J connectivity index is 1.42. The Kier molecular flexibility index (Phi) is 7.61. The molecule has 2 aliphatic rings. The van der Waals surface area contributed by atoms with Crippen LogP contribution in [0.2, 0.25) is 0 Å². The highest BCUT2D eigenvalue weighted by Crippen LogP contribution is 2.35. The highest BCUT2D eigenvalue weighted by Gasteiger charge is 2.37. The lowest BCUT2D eigenvalue weighted by molar-refractivity contribution is -0.138. The molecule has 2 saturated heterocycles. The maximum absolute atomic E-state index is 12.9. The Morgan fingerprint density at radius 1 is 1.18 bits per heavy atom. The predicted octanol–water partition coefficient (Wildman–Crippen LogP) is 3.16. The van der Waals surface area contributed by atoms with Gasteiger partial charge in [0, 0.05) is 18.8 Å². The van der Waals surface area contributed by atoms with Crippen molar-refractivity contribution in [1.29, 1.82) is 0 Å². The van der Waals surface area contributed by atoms with Gasteiger partial charge in [0.2, 0.25) is 0 Å². The number of carbonyl (C=O) groups is 2. The third-order valence-corrected chi connectivity index (χ3v) is 6.23. The third kappa shape index (κ3) is 5.72. The SMILES string of the molecule is COc1cc(/C=C2\SC(=S)N(N3CCOCC3)C2=O)ccc1OCC(=O)Nc1ccccc1. The molecule has 10 heteroatoms. The number of methoxy groups -OCH3 is 1. The van der Waals surface area contributed by atoms with Crippen molar-refractivity contribution >= 4 is 51.9 Å². The van der Waals surface area contributed by atoms with E-state index in [1.54, 1.807) is 41.4 Å². The molecule has 0 saturated carbocycles. The number of para-hydroxylation sites is 1. The molecule has 2 heterocycles. The molecule has 33 heavy (non-hydrogen) atoms. The normalized spacial score (nSPS) is 18.0. The number of thiocarbonyl (C=S) groups is 1. The largest absolute Gasteiger partial charge is 0.493 e. The van der Waals surface area contributed by atoms with E-state index in [4.69, 9.17) is 26.4 Å². The van der Waals surface area contributed by atoms with Crippen molar-refractivity contribution in [2.45, 2.75) is 0 Å². The minimum Gasteiger partial charge on any atom is -0.493 e. The molecule has 2 aromatic rings. The van der Waals surface area contributed by atoms with Crippen LogP contribution in [-0.4, -0.2) is 66.2 Å². The Labute approximate surface area is 201 Å². The number of anilines is 1. The number of rotatable bonds is 7. The van der Waals surface area contributed by atoms with Gasteiger partial charge in [-0.2, -0.15) is 0 Å². The summed E-state index contributed by atoms with van der Waals surface area (Å²) in [6.45, 7) is 2.22. The molecule has 2 amide bonds. The molecule has 2 aromatic carbocycles. The maximum atomic E-state index is 12.9. The van der Waals surface area contributed by atoms with Crippen LogP contribution in [0.15, 0.2) is 53.4 Å². The topological polar surface area (TPSA) is 80.3 Å². The number of nitrogens with one attached hydrogen (secondary N) is 1. The lowest BCUT2D eigenvalue weighted by atomic mass is 10.2. The summed E-state index contributed by atoms with van der Waals surface area (Å²) in [6.07, 6.45) is 1.77. The van der Waals surface area contributed by atoms with Crippen LogP contribution in [0.4, 0.5) is 5.69 Å². The van der Waals surface area contributed by atoms with Gasteiger partial charge >= 0.3 is 0 Å². The summed E-state index contributed by atoms with van der Waals surface area (Å²) in [5, 5.41) is 6.23. The summed E-state index contributed by atoms with van der Waals surface area (Å²) < 4.78 is 16.9. The Bertz CT molecular complexity index is 1070. The number of hydrazine groups is 1. The van der Waals surface area contributed by atoms with Gasteiger partial charge in [-0.1, -0.05) is 48.2 Å². The van der Waals surface area contributed by atoms with Crippen molar-refractivity contribution < 1.29 is 23.8 Å². The molecular weight excluding hydrogens is 462 g/mol. The van der Waals surface area contributed by atoms with Crippen LogP contribution < -0.4 is 14.8 Å². The first kappa shape index (κ1) is 23.2. The number of nitrogens with zero attached hydrogens (tertiary/aromatic N) is 2. The van der Waals surface area contributed by atoms with Crippen LogP contribution in [0.5, 0.6) is 11.5 Å². The fourth-order valence-corrected chi connectivity index (χ4v) is 4.67. The second kappa shape index (κ2) is 10.8. The molecule has 0 aliphatic carbocycles. The number of hydrogen-bond donors (Lipinski definition) is 1. The lowest BCUT2D eigenvalue weighted by Crippen LogP contribution is -2.50. The van der Waals surface area contributed by atoms with Crippen LogP contribution in [0.1, 0.15) is 5.56 Å². The Morgan fingerprint density at radius 3 is 2.67 bits per heavy atom. The van der Waals surface area contributed by atoms with Crippen LogP contribution in [0, 0.1) is 0 Å². The van der Waals surface area contributed by atoms with Gasteiger partial charge in [0.05, 0.1) is 25.2 Å².